The molecule has 0 atom stereocenters. The van der Waals surface area contributed by atoms with Crippen LogP contribution in [0.15, 0.2) is 165 Å². The molecule has 0 aliphatic heterocycles. The number of hydrogen-bond acceptors (Lipinski definition) is 12. The second-order valence-electron chi connectivity index (χ2n) is 12.3. The summed E-state index contributed by atoms with van der Waals surface area (Å²) in [5.74, 6) is 0. The van der Waals surface area contributed by atoms with Gasteiger partial charge >= 0.3 is 206 Å². The van der Waals surface area contributed by atoms with Crippen LogP contribution >= 0.6 is 15.8 Å². The zero-order valence-corrected chi connectivity index (χ0v) is 50.2. The Bertz CT molecular complexity index is 2570. The number of rotatable bonds is 13. The van der Waals surface area contributed by atoms with Crippen LogP contribution in [0.5, 0.6) is 0 Å². The van der Waals surface area contributed by atoms with Crippen LogP contribution in [-0.2, 0) is 52.8 Å². The molecule has 0 aliphatic carbocycles. The van der Waals surface area contributed by atoms with Crippen molar-refractivity contribution in [2.75, 3.05) is 0 Å². The van der Waals surface area contributed by atoms with Crippen molar-refractivity contribution in [3.8, 4) is 11.1 Å². The first kappa shape index (κ1) is 58.5. The molecular weight excluding hydrogens is 995 g/mol. The topological polar surface area (TPSA) is 229 Å². The zero-order chi connectivity index (χ0) is 40.5. The van der Waals surface area contributed by atoms with E-state index in [1.54, 1.807) is 48.5 Å². The molecule has 0 fully saturated rings. The summed E-state index contributed by atoms with van der Waals surface area (Å²) in [6.45, 7) is 0. The summed E-state index contributed by atoms with van der Waals surface area (Å²) < 4.78 is 144. The first-order chi connectivity index (χ1) is 26.3. The predicted molar refractivity (Wildman–Crippen MR) is 209 cm³/mol. The van der Waals surface area contributed by atoms with E-state index in [0.29, 0.717) is 32.3 Å². The Balaban J connectivity index is 0.00000310. The third-order valence-electron chi connectivity index (χ3n) is 8.65. The van der Waals surface area contributed by atoms with Crippen molar-refractivity contribution >= 4 is 77.5 Å². The predicted octanol–water partition coefficient (Wildman–Crippen LogP) is -7.75. The average Bonchev–Trinajstić information content (AvgIpc) is 3.15. The van der Waals surface area contributed by atoms with Gasteiger partial charge in [0.2, 0.25) is 0 Å². The molecule has 0 heterocycles. The third kappa shape index (κ3) is 15.7. The molecule has 0 unspecified atom stereocenters. The van der Waals surface area contributed by atoms with E-state index < -0.39 is 75.9 Å². The van der Waals surface area contributed by atoms with E-state index in [1.807, 2.05) is 24.3 Å². The van der Waals surface area contributed by atoms with Crippen molar-refractivity contribution in [2.45, 2.75) is 31.9 Å². The van der Waals surface area contributed by atoms with E-state index in [2.05, 4.69) is 0 Å². The van der Waals surface area contributed by atoms with Crippen LogP contribution in [0, 0.1) is 0 Å². The van der Waals surface area contributed by atoms with Crippen molar-refractivity contribution in [2.24, 2.45) is 0 Å². The van der Waals surface area contributed by atoms with Crippen molar-refractivity contribution in [1.82, 2.24) is 0 Å². The Kier molecular flexibility index (Phi) is 24.5. The summed E-state index contributed by atoms with van der Waals surface area (Å²) in [7, 11) is -22.8. The zero-order valence-electron chi connectivity index (χ0n) is 32.7. The largest absolute Gasteiger partial charge is 1.00 e. The minimum absolute atomic E-state index is 0. The summed E-state index contributed by atoms with van der Waals surface area (Å²) in [5.41, 5.74) is 2.86. The summed E-state index contributed by atoms with van der Waals surface area (Å²) in [6, 6.07) is 36.2. The van der Waals surface area contributed by atoms with Crippen molar-refractivity contribution in [1.29, 1.82) is 0 Å². The third-order valence-corrected chi connectivity index (χ3v) is 16.9. The molecule has 0 radical (unpaired) electrons. The maximum Gasteiger partial charge on any atom is 1.00 e. The van der Waals surface area contributed by atoms with Gasteiger partial charge in [-0.05, 0) is 108 Å². The van der Waals surface area contributed by atoms with Gasteiger partial charge in [-0.15, -0.1) is 0 Å². The average molecular weight is 1020 g/mol. The minimum atomic E-state index is -4.87. The van der Waals surface area contributed by atoms with E-state index >= 15 is 0 Å². The Hall–Kier alpha value is 2.37. The van der Waals surface area contributed by atoms with Gasteiger partial charge in [0, 0.05) is 12.3 Å². The molecule has 6 rings (SSSR count). The SMILES string of the molecule is O=S(=O)([O-])c1cccc(P(Cc2ccccc2-c2ccccc2CP(c2cccc(S(=O)(=O)[O-])c2)c2cccc(S(=O)(=O)[O-])c2)c2cccc(S(=O)(=O)[O-])c2)c1.[K+].[K+].[K+].[K+]. The normalized spacial score (nSPS) is 11.8. The monoisotopic (exact) mass is 1020 g/mol. The Morgan fingerprint density at radius 2 is 0.567 bits per heavy atom. The van der Waals surface area contributed by atoms with Gasteiger partial charge in [-0.3, -0.25) is 0 Å². The Morgan fingerprint density at radius 3 is 0.800 bits per heavy atom. The van der Waals surface area contributed by atoms with E-state index in [-0.39, 0.29) is 218 Å². The van der Waals surface area contributed by atoms with Crippen molar-refractivity contribution in [3.63, 3.8) is 0 Å². The molecule has 6 aromatic carbocycles. The Morgan fingerprint density at radius 1 is 0.333 bits per heavy atom. The molecule has 0 saturated carbocycles. The van der Waals surface area contributed by atoms with Gasteiger partial charge in [-0.1, -0.05) is 97.1 Å². The molecule has 6 aromatic rings. The maximum absolute atomic E-state index is 12.0. The van der Waals surface area contributed by atoms with Gasteiger partial charge < -0.3 is 18.2 Å². The second-order valence-corrected chi connectivity index (χ2v) is 22.2. The maximum atomic E-state index is 12.0. The molecule has 0 N–H and O–H groups in total. The van der Waals surface area contributed by atoms with Gasteiger partial charge in [-0.2, -0.15) is 0 Å². The molecule has 0 saturated heterocycles. The summed E-state index contributed by atoms with van der Waals surface area (Å²) in [5, 5.41) is 1.69. The summed E-state index contributed by atoms with van der Waals surface area (Å²) in [6.07, 6.45) is 0.373. The van der Waals surface area contributed by atoms with Crippen molar-refractivity contribution < 1.29 is 257 Å². The van der Waals surface area contributed by atoms with E-state index in [4.69, 9.17) is 0 Å². The van der Waals surface area contributed by atoms with Gasteiger partial charge in [0.1, 0.15) is 40.5 Å². The van der Waals surface area contributed by atoms with Crippen LogP contribution < -0.4 is 227 Å². The standard InChI is InChI=1S/C38H32O12P2S4.4K/c39-53(40,41)33-15-5-11-29(21-33)51(30-12-6-16-34(22-30)54(42,43)44)25-27-9-1-3-19-37(27)38-20-4-2-10-28(38)26-52(31-13-7-17-35(23-31)55(45,46)47)32-14-8-18-36(24-32)56(48,49)50;;;;/h1-24H,25-26H2,(H,39,40,41)(H,42,43,44)(H,45,46,47)(H,48,49,50);;;;/q;4*+1/p-4. The van der Waals surface area contributed by atoms with Gasteiger partial charge in [0.05, 0.1) is 19.6 Å². The fourth-order valence-electron chi connectivity index (χ4n) is 6.07. The fraction of sp³-hybridized carbons (Fsp3) is 0.0526. The summed E-state index contributed by atoms with van der Waals surface area (Å²) in [4.78, 5) is -1.93. The van der Waals surface area contributed by atoms with Crippen LogP contribution in [0.2, 0.25) is 0 Å². The Labute approximate surface area is 523 Å². The first-order valence-electron chi connectivity index (χ1n) is 16.2. The number of benzene rings is 6. The van der Waals surface area contributed by atoms with E-state index in [1.165, 1.54) is 48.5 Å². The second kappa shape index (κ2) is 25.1. The fourth-order valence-corrected chi connectivity index (χ4v) is 13.3. The van der Waals surface area contributed by atoms with Gasteiger partial charge in [0.25, 0.3) is 0 Å². The van der Waals surface area contributed by atoms with Gasteiger partial charge in [0.15, 0.2) is 0 Å². The first-order valence-corrected chi connectivity index (χ1v) is 24.9. The molecule has 0 amide bonds. The van der Waals surface area contributed by atoms with Crippen LogP contribution in [0.25, 0.3) is 11.1 Å². The molecule has 22 heteroatoms. The molecule has 0 spiro atoms. The molecule has 0 aromatic heterocycles. The molecular formula is C38H28K4O12P2S4. The number of hydrogen-bond donors (Lipinski definition) is 0. The quantitative estimate of drug-likeness (QED) is 0.0598. The van der Waals surface area contributed by atoms with E-state index in [9.17, 15) is 51.9 Å². The smallest absolute Gasteiger partial charge is 0.744 e. The molecule has 60 heavy (non-hydrogen) atoms. The van der Waals surface area contributed by atoms with Crippen LogP contribution in [0.3, 0.4) is 0 Å². The van der Waals surface area contributed by atoms with Crippen molar-refractivity contribution in [3.05, 3.63) is 157 Å². The van der Waals surface area contributed by atoms with E-state index in [0.717, 1.165) is 35.4 Å². The minimum Gasteiger partial charge on any atom is -0.744 e. The molecule has 12 nitrogen and oxygen atoms in total. The molecule has 0 bridgehead atoms. The van der Waals surface area contributed by atoms with Gasteiger partial charge in [-0.25, -0.2) is 33.7 Å². The van der Waals surface area contributed by atoms with Crippen LogP contribution in [0.1, 0.15) is 11.1 Å². The van der Waals surface area contributed by atoms with Crippen LogP contribution in [-0.4, -0.2) is 51.9 Å². The molecule has 290 valence electrons. The molecule has 0 aliphatic rings. The summed E-state index contributed by atoms with van der Waals surface area (Å²) >= 11 is 0. The van der Waals surface area contributed by atoms with Crippen LogP contribution in [0.4, 0.5) is 0 Å².